The van der Waals surface area contributed by atoms with Gasteiger partial charge < -0.3 is 16.5 Å². The van der Waals surface area contributed by atoms with E-state index in [0.29, 0.717) is 11.6 Å². The SMILES string of the molecule is CCN(CCNc1cc(NN)nc(N)n1)C1CC1. The Morgan fingerprint density at radius 1 is 1.39 bits per heavy atom. The molecule has 0 aliphatic heterocycles. The maximum Gasteiger partial charge on any atom is 0.223 e. The molecule has 1 heterocycles. The highest BCUT2D eigenvalue weighted by molar-refractivity contribution is 5.50. The van der Waals surface area contributed by atoms with Gasteiger partial charge in [-0.05, 0) is 19.4 Å². The standard InChI is InChI=1S/C11H21N7/c1-2-18(8-3-4-8)6-5-14-9-7-10(17-13)16-11(12)15-9/h7-8H,2-6,13H2,1H3,(H4,12,14,15,16,17). The summed E-state index contributed by atoms with van der Waals surface area (Å²) in [5.41, 5.74) is 8.05. The maximum absolute atomic E-state index is 5.58. The van der Waals surface area contributed by atoms with Crippen molar-refractivity contribution in [1.29, 1.82) is 0 Å². The number of nitrogens with zero attached hydrogens (tertiary/aromatic N) is 3. The second-order valence-corrected chi connectivity index (χ2v) is 4.43. The second kappa shape index (κ2) is 5.83. The summed E-state index contributed by atoms with van der Waals surface area (Å²) in [7, 11) is 0. The molecular weight excluding hydrogens is 230 g/mol. The third-order valence-electron chi connectivity index (χ3n) is 3.07. The van der Waals surface area contributed by atoms with Gasteiger partial charge in [0.15, 0.2) is 0 Å². The minimum Gasteiger partial charge on any atom is -0.369 e. The topological polar surface area (TPSA) is 105 Å². The largest absolute Gasteiger partial charge is 0.369 e. The quantitative estimate of drug-likeness (QED) is 0.406. The Labute approximate surface area is 107 Å². The molecule has 1 aromatic heterocycles. The molecule has 7 heteroatoms. The van der Waals surface area contributed by atoms with E-state index in [4.69, 9.17) is 11.6 Å². The average molecular weight is 251 g/mol. The number of nitrogens with two attached hydrogens (primary N) is 2. The van der Waals surface area contributed by atoms with Crippen LogP contribution in [0.1, 0.15) is 19.8 Å². The fourth-order valence-electron chi connectivity index (χ4n) is 2.00. The monoisotopic (exact) mass is 251 g/mol. The number of hydrogen-bond acceptors (Lipinski definition) is 7. The Balaban J connectivity index is 1.83. The lowest BCUT2D eigenvalue weighted by atomic mass is 10.4. The minimum atomic E-state index is 0.211. The lowest BCUT2D eigenvalue weighted by Gasteiger charge is -2.20. The van der Waals surface area contributed by atoms with Gasteiger partial charge in [0.2, 0.25) is 5.95 Å². The summed E-state index contributed by atoms with van der Waals surface area (Å²) in [5.74, 6) is 6.72. The highest BCUT2D eigenvalue weighted by Crippen LogP contribution is 2.26. The molecule has 0 saturated heterocycles. The van der Waals surface area contributed by atoms with Gasteiger partial charge in [-0.2, -0.15) is 9.97 Å². The van der Waals surface area contributed by atoms with E-state index in [1.54, 1.807) is 6.07 Å². The summed E-state index contributed by atoms with van der Waals surface area (Å²) < 4.78 is 0. The molecule has 0 bridgehead atoms. The van der Waals surface area contributed by atoms with Gasteiger partial charge in [-0.25, -0.2) is 5.84 Å². The predicted molar refractivity (Wildman–Crippen MR) is 73.0 cm³/mol. The van der Waals surface area contributed by atoms with Crippen LogP contribution in [0.4, 0.5) is 17.6 Å². The summed E-state index contributed by atoms with van der Waals surface area (Å²) in [6.45, 7) is 5.13. The number of nitrogens with one attached hydrogen (secondary N) is 2. The lowest BCUT2D eigenvalue weighted by molar-refractivity contribution is 0.289. The van der Waals surface area contributed by atoms with Gasteiger partial charge in [-0.3, -0.25) is 4.90 Å². The molecule has 1 aromatic rings. The molecule has 1 fully saturated rings. The van der Waals surface area contributed by atoms with E-state index in [1.165, 1.54) is 12.8 Å². The molecule has 2 rings (SSSR count). The molecule has 0 atom stereocenters. The van der Waals surface area contributed by atoms with Crippen LogP contribution in [0.5, 0.6) is 0 Å². The molecule has 7 nitrogen and oxygen atoms in total. The minimum absolute atomic E-state index is 0.211. The first kappa shape index (κ1) is 12.8. The summed E-state index contributed by atoms with van der Waals surface area (Å²) in [6, 6.07) is 2.53. The number of anilines is 3. The molecule has 1 saturated carbocycles. The zero-order valence-electron chi connectivity index (χ0n) is 10.7. The van der Waals surface area contributed by atoms with Crippen molar-refractivity contribution in [2.45, 2.75) is 25.8 Å². The first-order valence-corrected chi connectivity index (χ1v) is 6.32. The van der Waals surface area contributed by atoms with Crippen molar-refractivity contribution in [2.75, 3.05) is 36.1 Å². The van der Waals surface area contributed by atoms with Gasteiger partial charge in [0, 0.05) is 25.2 Å². The molecular formula is C11H21N7. The van der Waals surface area contributed by atoms with Crippen LogP contribution in [0, 0.1) is 0 Å². The third kappa shape index (κ3) is 3.44. The van der Waals surface area contributed by atoms with E-state index in [-0.39, 0.29) is 5.95 Å². The van der Waals surface area contributed by atoms with Gasteiger partial charge >= 0.3 is 0 Å². The fraction of sp³-hybridized carbons (Fsp3) is 0.636. The van der Waals surface area contributed by atoms with E-state index in [1.807, 2.05) is 0 Å². The zero-order valence-corrected chi connectivity index (χ0v) is 10.7. The van der Waals surface area contributed by atoms with Crippen LogP contribution in [0.2, 0.25) is 0 Å². The van der Waals surface area contributed by atoms with Crippen molar-refractivity contribution in [3.05, 3.63) is 6.07 Å². The van der Waals surface area contributed by atoms with Crippen molar-refractivity contribution in [3.8, 4) is 0 Å². The maximum atomic E-state index is 5.58. The number of aromatic nitrogens is 2. The number of rotatable bonds is 7. The Bertz CT molecular complexity index is 391. The molecule has 1 aliphatic carbocycles. The lowest BCUT2D eigenvalue weighted by Crippen LogP contribution is -2.31. The van der Waals surface area contributed by atoms with Gasteiger partial charge in [-0.15, -0.1) is 0 Å². The summed E-state index contributed by atoms with van der Waals surface area (Å²) in [5, 5.41) is 3.24. The van der Waals surface area contributed by atoms with Gasteiger partial charge in [0.25, 0.3) is 0 Å². The molecule has 18 heavy (non-hydrogen) atoms. The summed E-state index contributed by atoms with van der Waals surface area (Å²) >= 11 is 0. The van der Waals surface area contributed by atoms with Gasteiger partial charge in [0.05, 0.1) is 0 Å². The number of likely N-dealkylation sites (N-methyl/N-ethyl adjacent to an activating group) is 1. The van der Waals surface area contributed by atoms with Crippen LogP contribution < -0.4 is 22.3 Å². The third-order valence-corrected chi connectivity index (χ3v) is 3.07. The van der Waals surface area contributed by atoms with Crippen LogP contribution in [0.25, 0.3) is 0 Å². The average Bonchev–Trinajstić information content (AvgIpc) is 3.18. The zero-order chi connectivity index (χ0) is 13.0. The summed E-state index contributed by atoms with van der Waals surface area (Å²) in [6.07, 6.45) is 2.66. The van der Waals surface area contributed by atoms with E-state index in [9.17, 15) is 0 Å². The number of nitrogen functional groups attached to an aromatic ring is 2. The highest BCUT2D eigenvalue weighted by Gasteiger charge is 2.27. The van der Waals surface area contributed by atoms with E-state index in [2.05, 4.69) is 32.5 Å². The van der Waals surface area contributed by atoms with Crippen molar-refractivity contribution in [1.82, 2.24) is 14.9 Å². The van der Waals surface area contributed by atoms with Crippen molar-refractivity contribution < 1.29 is 0 Å². The van der Waals surface area contributed by atoms with Crippen molar-refractivity contribution in [2.24, 2.45) is 5.84 Å². The van der Waals surface area contributed by atoms with E-state index in [0.717, 1.165) is 25.7 Å². The Kier molecular flexibility index (Phi) is 4.16. The first-order chi connectivity index (χ1) is 8.72. The normalized spacial score (nSPS) is 14.8. The van der Waals surface area contributed by atoms with Crippen LogP contribution in [0.3, 0.4) is 0 Å². The Morgan fingerprint density at radius 3 is 2.72 bits per heavy atom. The summed E-state index contributed by atoms with van der Waals surface area (Å²) in [4.78, 5) is 10.5. The van der Waals surface area contributed by atoms with E-state index >= 15 is 0 Å². The number of hydrazine groups is 1. The molecule has 0 radical (unpaired) electrons. The molecule has 6 N–H and O–H groups in total. The van der Waals surface area contributed by atoms with Crippen LogP contribution in [-0.4, -0.2) is 40.5 Å². The molecule has 0 amide bonds. The molecule has 1 aliphatic rings. The van der Waals surface area contributed by atoms with E-state index < -0.39 is 0 Å². The molecule has 0 aromatic carbocycles. The number of hydrogen-bond donors (Lipinski definition) is 4. The van der Waals surface area contributed by atoms with Crippen molar-refractivity contribution in [3.63, 3.8) is 0 Å². The van der Waals surface area contributed by atoms with Crippen molar-refractivity contribution >= 4 is 17.6 Å². The molecule has 100 valence electrons. The first-order valence-electron chi connectivity index (χ1n) is 6.32. The highest BCUT2D eigenvalue weighted by atomic mass is 15.3. The second-order valence-electron chi connectivity index (χ2n) is 4.43. The van der Waals surface area contributed by atoms with Gasteiger partial charge in [-0.1, -0.05) is 6.92 Å². The van der Waals surface area contributed by atoms with Crippen LogP contribution >= 0.6 is 0 Å². The Morgan fingerprint density at radius 2 is 2.11 bits per heavy atom. The Hall–Kier alpha value is -1.60. The van der Waals surface area contributed by atoms with Gasteiger partial charge in [0.1, 0.15) is 11.6 Å². The smallest absolute Gasteiger partial charge is 0.223 e. The fourth-order valence-corrected chi connectivity index (χ4v) is 2.00. The van der Waals surface area contributed by atoms with Crippen LogP contribution in [0.15, 0.2) is 6.07 Å². The van der Waals surface area contributed by atoms with Crippen LogP contribution in [-0.2, 0) is 0 Å². The molecule has 0 unspecified atom stereocenters. The molecule has 0 spiro atoms. The predicted octanol–water partition coefficient (Wildman–Crippen LogP) is 0.241.